The van der Waals surface area contributed by atoms with E-state index in [-0.39, 0.29) is 18.0 Å². The maximum Gasteiger partial charge on any atom is 0.416 e. The Labute approximate surface area is 211 Å². The lowest BCUT2D eigenvalue weighted by Crippen LogP contribution is -2.36. The standard InChI is InChI=1S/C24H23F3N6O3S/c1-36-19-7-3-17(4-8-19)21-15-28-23-29-16-30-33(23)22(21)31-11-2-12-32(14-13-31)37(34,35)20-9-5-18(6-10-20)24(25,26)27/h3-10,15-16H,2,11-14H2,1H3. The molecule has 5 rings (SSSR count). The highest BCUT2D eigenvalue weighted by Gasteiger charge is 2.32. The minimum Gasteiger partial charge on any atom is -0.497 e. The molecule has 0 amide bonds. The fourth-order valence-corrected chi connectivity index (χ4v) is 5.83. The molecule has 4 aromatic rings. The summed E-state index contributed by atoms with van der Waals surface area (Å²) in [7, 11) is -2.39. The summed E-state index contributed by atoms with van der Waals surface area (Å²) in [6, 6.07) is 11.1. The van der Waals surface area contributed by atoms with Crippen LogP contribution >= 0.6 is 0 Å². The summed E-state index contributed by atoms with van der Waals surface area (Å²) in [5.74, 6) is 1.84. The number of hydrogen-bond acceptors (Lipinski definition) is 7. The van der Waals surface area contributed by atoms with Gasteiger partial charge in [-0.05, 0) is 48.4 Å². The summed E-state index contributed by atoms with van der Waals surface area (Å²) in [5, 5.41) is 4.34. The molecule has 194 valence electrons. The summed E-state index contributed by atoms with van der Waals surface area (Å²) in [6.45, 7) is 1.23. The molecule has 3 heterocycles. The van der Waals surface area contributed by atoms with Crippen molar-refractivity contribution < 1.29 is 26.3 Å². The first kappa shape index (κ1) is 25.0. The van der Waals surface area contributed by atoms with Gasteiger partial charge in [-0.3, -0.25) is 0 Å². The van der Waals surface area contributed by atoms with Gasteiger partial charge < -0.3 is 9.64 Å². The van der Waals surface area contributed by atoms with Gasteiger partial charge in [0, 0.05) is 37.9 Å². The predicted molar refractivity (Wildman–Crippen MR) is 130 cm³/mol. The molecule has 13 heteroatoms. The highest BCUT2D eigenvalue weighted by atomic mass is 32.2. The van der Waals surface area contributed by atoms with Crippen LogP contribution in [0.1, 0.15) is 12.0 Å². The van der Waals surface area contributed by atoms with E-state index in [1.807, 2.05) is 29.2 Å². The Balaban J connectivity index is 1.44. The third-order valence-electron chi connectivity index (χ3n) is 6.26. The van der Waals surface area contributed by atoms with Gasteiger partial charge in [0.15, 0.2) is 0 Å². The predicted octanol–water partition coefficient (Wildman–Crippen LogP) is 3.72. The lowest BCUT2D eigenvalue weighted by atomic mass is 10.1. The summed E-state index contributed by atoms with van der Waals surface area (Å²) >= 11 is 0. The number of ether oxygens (including phenoxy) is 1. The zero-order chi connectivity index (χ0) is 26.2. The van der Waals surface area contributed by atoms with Gasteiger partial charge in [0.25, 0.3) is 5.78 Å². The molecule has 1 saturated heterocycles. The Kier molecular flexibility index (Phi) is 6.50. The van der Waals surface area contributed by atoms with Gasteiger partial charge in [-0.25, -0.2) is 13.4 Å². The van der Waals surface area contributed by atoms with Gasteiger partial charge in [0.2, 0.25) is 10.0 Å². The number of sulfonamides is 1. The monoisotopic (exact) mass is 532 g/mol. The van der Waals surface area contributed by atoms with Crippen LogP contribution < -0.4 is 9.64 Å². The van der Waals surface area contributed by atoms with Crippen molar-refractivity contribution in [3.8, 4) is 16.9 Å². The zero-order valence-electron chi connectivity index (χ0n) is 19.8. The molecule has 0 unspecified atom stereocenters. The van der Waals surface area contributed by atoms with Crippen LogP contribution in [0.4, 0.5) is 19.0 Å². The van der Waals surface area contributed by atoms with Crippen LogP contribution in [-0.4, -0.2) is 65.6 Å². The highest BCUT2D eigenvalue weighted by Crippen LogP contribution is 2.33. The van der Waals surface area contributed by atoms with Crippen molar-refractivity contribution in [2.24, 2.45) is 0 Å². The molecule has 9 nitrogen and oxygen atoms in total. The van der Waals surface area contributed by atoms with Crippen molar-refractivity contribution in [2.75, 3.05) is 38.2 Å². The number of alkyl halides is 3. The van der Waals surface area contributed by atoms with E-state index in [1.54, 1.807) is 17.8 Å². The van der Waals surface area contributed by atoms with Crippen molar-refractivity contribution >= 4 is 21.6 Å². The average Bonchev–Trinajstić information content (AvgIpc) is 3.23. The number of methoxy groups -OCH3 is 1. The SMILES string of the molecule is COc1ccc(-c2cnc3ncnn3c2N2CCCN(S(=O)(=O)c3ccc(C(F)(F)F)cc3)CC2)cc1. The van der Waals surface area contributed by atoms with E-state index in [0.717, 1.165) is 41.2 Å². The van der Waals surface area contributed by atoms with Gasteiger partial charge in [-0.1, -0.05) is 12.1 Å². The second-order valence-corrected chi connectivity index (χ2v) is 10.4. The van der Waals surface area contributed by atoms with Crippen LogP contribution in [0.3, 0.4) is 0 Å². The normalized spacial score (nSPS) is 15.6. The number of fused-ring (bicyclic) bond motifs is 1. The molecule has 0 spiro atoms. The molecular weight excluding hydrogens is 509 g/mol. The van der Waals surface area contributed by atoms with Gasteiger partial charge in [-0.15, -0.1) is 0 Å². The summed E-state index contributed by atoms with van der Waals surface area (Å²) < 4.78 is 73.4. The summed E-state index contributed by atoms with van der Waals surface area (Å²) in [6.07, 6.45) is -0.920. The van der Waals surface area contributed by atoms with Crippen molar-refractivity contribution in [3.05, 3.63) is 66.6 Å². The Bertz CT molecular complexity index is 1510. The Morgan fingerprint density at radius 3 is 2.32 bits per heavy atom. The molecule has 1 fully saturated rings. The maximum absolute atomic E-state index is 13.2. The minimum atomic E-state index is -4.54. The zero-order valence-corrected chi connectivity index (χ0v) is 20.6. The third kappa shape index (κ3) is 4.83. The topological polar surface area (TPSA) is 92.9 Å². The van der Waals surface area contributed by atoms with E-state index >= 15 is 0 Å². The smallest absolute Gasteiger partial charge is 0.416 e. The van der Waals surface area contributed by atoms with Crippen molar-refractivity contribution in [3.63, 3.8) is 0 Å². The largest absolute Gasteiger partial charge is 0.497 e. The van der Waals surface area contributed by atoms with Gasteiger partial charge >= 0.3 is 6.18 Å². The van der Waals surface area contributed by atoms with E-state index in [1.165, 1.54) is 10.6 Å². The lowest BCUT2D eigenvalue weighted by Gasteiger charge is -2.26. The molecule has 0 atom stereocenters. The maximum atomic E-state index is 13.2. The Morgan fingerprint density at radius 2 is 1.65 bits per heavy atom. The molecule has 1 aliphatic heterocycles. The summed E-state index contributed by atoms with van der Waals surface area (Å²) in [4.78, 5) is 10.5. The van der Waals surface area contributed by atoms with Crippen molar-refractivity contribution in [2.45, 2.75) is 17.5 Å². The highest BCUT2D eigenvalue weighted by molar-refractivity contribution is 7.89. The molecule has 0 radical (unpaired) electrons. The van der Waals surface area contributed by atoms with E-state index in [0.29, 0.717) is 31.0 Å². The number of rotatable bonds is 5. The number of hydrogen-bond donors (Lipinski definition) is 0. The molecule has 37 heavy (non-hydrogen) atoms. The van der Waals surface area contributed by atoms with Crippen LogP contribution in [-0.2, 0) is 16.2 Å². The molecule has 0 N–H and O–H groups in total. The van der Waals surface area contributed by atoms with E-state index in [4.69, 9.17) is 4.74 Å². The van der Waals surface area contributed by atoms with Crippen LogP contribution in [0.5, 0.6) is 5.75 Å². The van der Waals surface area contributed by atoms with Crippen LogP contribution in [0.15, 0.2) is 66.0 Å². The third-order valence-corrected chi connectivity index (χ3v) is 8.17. The molecule has 1 aliphatic rings. The second kappa shape index (κ2) is 9.63. The molecule has 2 aromatic carbocycles. The van der Waals surface area contributed by atoms with Gasteiger partial charge in [0.05, 0.1) is 17.6 Å². The van der Waals surface area contributed by atoms with Crippen LogP contribution in [0, 0.1) is 0 Å². The van der Waals surface area contributed by atoms with Gasteiger partial charge in [-0.2, -0.15) is 32.1 Å². The molecule has 0 aliphatic carbocycles. The number of anilines is 1. The van der Waals surface area contributed by atoms with Gasteiger partial charge in [0.1, 0.15) is 17.9 Å². The minimum absolute atomic E-state index is 0.143. The van der Waals surface area contributed by atoms with E-state index in [2.05, 4.69) is 15.1 Å². The lowest BCUT2D eigenvalue weighted by molar-refractivity contribution is -0.137. The van der Waals surface area contributed by atoms with E-state index < -0.39 is 21.8 Å². The first-order valence-corrected chi connectivity index (χ1v) is 12.9. The summed E-state index contributed by atoms with van der Waals surface area (Å²) in [5.41, 5.74) is 0.771. The number of nitrogens with zero attached hydrogens (tertiary/aromatic N) is 6. The fraction of sp³-hybridized carbons (Fsp3) is 0.292. The fourth-order valence-electron chi connectivity index (χ4n) is 4.36. The van der Waals surface area contributed by atoms with Crippen molar-refractivity contribution in [1.29, 1.82) is 0 Å². The van der Waals surface area contributed by atoms with Crippen LogP contribution in [0.25, 0.3) is 16.9 Å². The second-order valence-electron chi connectivity index (χ2n) is 8.46. The Morgan fingerprint density at radius 1 is 0.919 bits per heavy atom. The molecule has 0 bridgehead atoms. The molecule has 0 saturated carbocycles. The quantitative estimate of drug-likeness (QED) is 0.387. The van der Waals surface area contributed by atoms with Crippen LogP contribution in [0.2, 0.25) is 0 Å². The number of aromatic nitrogens is 4. The molecular formula is C24H23F3N6O3S. The Hall–Kier alpha value is -3.71. The van der Waals surface area contributed by atoms with E-state index in [9.17, 15) is 21.6 Å². The molecule has 2 aromatic heterocycles. The number of halogens is 3. The number of benzene rings is 2. The van der Waals surface area contributed by atoms with Crippen molar-refractivity contribution in [1.82, 2.24) is 23.9 Å². The first-order chi connectivity index (χ1) is 17.7. The average molecular weight is 533 g/mol. The first-order valence-electron chi connectivity index (χ1n) is 11.4.